The lowest BCUT2D eigenvalue weighted by Gasteiger charge is -2.45. The second-order valence-electron chi connectivity index (χ2n) is 9.70. The van der Waals surface area contributed by atoms with Crippen LogP contribution < -0.4 is 11.3 Å². The molecule has 3 unspecified atom stereocenters. The summed E-state index contributed by atoms with van der Waals surface area (Å²) in [7, 11) is 0. The summed E-state index contributed by atoms with van der Waals surface area (Å²) >= 11 is 0. The molecule has 1 fully saturated rings. The van der Waals surface area contributed by atoms with Crippen LogP contribution in [0, 0.1) is 5.41 Å². The maximum atomic E-state index is 13.1. The molecule has 2 aromatic carbocycles. The average Bonchev–Trinajstić information content (AvgIpc) is 2.80. The normalized spacial score (nSPS) is 19.9. The predicted molar refractivity (Wildman–Crippen MR) is 140 cm³/mol. The minimum absolute atomic E-state index is 0.00635. The van der Waals surface area contributed by atoms with Gasteiger partial charge in [-0.1, -0.05) is 38.3 Å². The largest absolute Gasteiger partial charge is 0.507 e. The Labute approximate surface area is 201 Å². The van der Waals surface area contributed by atoms with Crippen molar-refractivity contribution in [3.63, 3.8) is 0 Å². The summed E-state index contributed by atoms with van der Waals surface area (Å²) < 4.78 is 0. The van der Waals surface area contributed by atoms with Crippen molar-refractivity contribution in [2.24, 2.45) is 5.73 Å². The van der Waals surface area contributed by atoms with Crippen LogP contribution >= 0.6 is 0 Å². The van der Waals surface area contributed by atoms with Crippen LogP contribution in [-0.4, -0.2) is 32.9 Å². The number of hydrogen-bond donors (Lipinski definition) is 4. The lowest BCUT2D eigenvalue weighted by atomic mass is 9.88. The molecular weight excluding hydrogens is 424 g/mol. The van der Waals surface area contributed by atoms with Gasteiger partial charge in [-0.05, 0) is 69.0 Å². The molecule has 1 saturated heterocycles. The van der Waals surface area contributed by atoms with Gasteiger partial charge in [0, 0.05) is 40.2 Å². The Morgan fingerprint density at radius 1 is 1.18 bits per heavy atom. The summed E-state index contributed by atoms with van der Waals surface area (Å²) in [5.41, 5.74) is 8.65. The van der Waals surface area contributed by atoms with E-state index in [9.17, 15) is 9.90 Å². The van der Waals surface area contributed by atoms with E-state index in [1.54, 1.807) is 12.1 Å². The van der Waals surface area contributed by atoms with Crippen LogP contribution in [0.1, 0.15) is 76.5 Å². The van der Waals surface area contributed by atoms with Gasteiger partial charge in [-0.3, -0.25) is 15.1 Å². The van der Waals surface area contributed by atoms with Gasteiger partial charge in [-0.15, -0.1) is 0 Å². The zero-order chi connectivity index (χ0) is 24.4. The number of unbranched alkanes of at least 4 members (excludes halogenated alkanes) is 1. The Balaban J connectivity index is 1.91. The van der Waals surface area contributed by atoms with Gasteiger partial charge in [-0.25, -0.2) is 0 Å². The number of nitrogens with zero attached hydrogens (tertiary/aromatic N) is 1. The number of likely N-dealkylation sites (tertiary alicyclic amines) is 1. The number of nitrogens with one attached hydrogen (secondary N) is 2. The fraction of sp³-hybridized carbons (Fsp3) is 0.429. The van der Waals surface area contributed by atoms with E-state index in [0.29, 0.717) is 28.8 Å². The highest BCUT2D eigenvalue weighted by molar-refractivity contribution is 5.97. The first-order valence-electron chi connectivity index (χ1n) is 12.4. The van der Waals surface area contributed by atoms with Gasteiger partial charge in [-0.2, -0.15) is 0 Å². The van der Waals surface area contributed by atoms with Crippen molar-refractivity contribution in [1.82, 2.24) is 9.88 Å². The van der Waals surface area contributed by atoms with E-state index in [1.807, 2.05) is 18.2 Å². The molecule has 0 aliphatic carbocycles. The van der Waals surface area contributed by atoms with Gasteiger partial charge in [0.25, 0.3) is 5.56 Å². The van der Waals surface area contributed by atoms with E-state index in [0.717, 1.165) is 30.2 Å². The van der Waals surface area contributed by atoms with Crippen LogP contribution in [0.15, 0.2) is 47.3 Å². The van der Waals surface area contributed by atoms with Crippen molar-refractivity contribution in [3.05, 3.63) is 63.9 Å². The number of H-pyrrole nitrogens is 1. The summed E-state index contributed by atoms with van der Waals surface area (Å²) in [6, 6.07) is 14.0. The van der Waals surface area contributed by atoms with E-state index >= 15 is 0 Å². The highest BCUT2D eigenvalue weighted by Gasteiger charge is 2.32. The molecule has 5 N–H and O–H groups in total. The third-order valence-corrected chi connectivity index (χ3v) is 7.33. The van der Waals surface area contributed by atoms with Gasteiger partial charge < -0.3 is 15.8 Å². The molecule has 0 amide bonds. The van der Waals surface area contributed by atoms with E-state index in [-0.39, 0.29) is 23.2 Å². The fourth-order valence-corrected chi connectivity index (χ4v) is 5.58. The maximum absolute atomic E-state index is 13.1. The van der Waals surface area contributed by atoms with Gasteiger partial charge >= 0.3 is 0 Å². The van der Waals surface area contributed by atoms with Gasteiger partial charge in [0.15, 0.2) is 0 Å². The van der Waals surface area contributed by atoms with E-state index in [1.165, 1.54) is 30.9 Å². The molecule has 6 heteroatoms. The summed E-state index contributed by atoms with van der Waals surface area (Å²) in [6.45, 7) is 6.89. The topological polar surface area (TPSA) is 106 Å². The molecule has 0 radical (unpaired) electrons. The van der Waals surface area contributed by atoms with Crippen molar-refractivity contribution < 1.29 is 5.11 Å². The smallest absolute Gasteiger partial charge is 0.256 e. The summed E-state index contributed by atoms with van der Waals surface area (Å²) in [4.78, 5) is 18.8. The van der Waals surface area contributed by atoms with Crippen LogP contribution in [0.25, 0.3) is 22.0 Å². The molecule has 4 rings (SSSR count). The second kappa shape index (κ2) is 10.0. The Hall–Kier alpha value is -3.12. The maximum Gasteiger partial charge on any atom is 0.256 e. The van der Waals surface area contributed by atoms with E-state index < -0.39 is 0 Å². The Bertz CT molecular complexity index is 1240. The number of piperidine rings is 1. The molecular formula is C28H36N4O2. The van der Waals surface area contributed by atoms with E-state index in [4.69, 9.17) is 11.1 Å². The van der Waals surface area contributed by atoms with Crippen LogP contribution in [0.4, 0.5) is 0 Å². The lowest BCUT2D eigenvalue weighted by Crippen LogP contribution is -2.46. The number of rotatable bonds is 7. The highest BCUT2D eigenvalue weighted by Crippen LogP contribution is 2.39. The molecule has 1 aliphatic rings. The number of hydrogen-bond acceptors (Lipinski definition) is 4. The standard InChI is InChI=1S/C28H36N4O2/c1-4-5-12-25(32-17(2)8-6-9-18(32)3)20-10-7-11-24-21(20)16-23(28(34)31-24)22-15-19(27(29)30)13-14-26(22)33/h7,10-11,13-18,25,33H,4-6,8-9,12H2,1-3H3,(H3,29,30)(H,31,34). The Morgan fingerprint density at radius 2 is 1.91 bits per heavy atom. The summed E-state index contributed by atoms with van der Waals surface area (Å²) in [5, 5.41) is 19.3. The van der Waals surface area contributed by atoms with Crippen molar-refractivity contribution >= 4 is 16.7 Å². The van der Waals surface area contributed by atoms with Crippen LogP contribution in [0.5, 0.6) is 5.75 Å². The van der Waals surface area contributed by atoms with Gasteiger partial charge in [0.2, 0.25) is 0 Å². The predicted octanol–water partition coefficient (Wildman–Crippen LogP) is 5.68. The zero-order valence-electron chi connectivity index (χ0n) is 20.4. The third kappa shape index (κ3) is 4.60. The zero-order valence-corrected chi connectivity index (χ0v) is 20.4. The number of phenolic OH excluding ortho intramolecular Hbond substituents is 1. The number of amidine groups is 1. The Morgan fingerprint density at radius 3 is 2.59 bits per heavy atom. The number of nitrogen functional groups attached to an aromatic ring is 1. The van der Waals surface area contributed by atoms with Crippen LogP contribution in [-0.2, 0) is 0 Å². The van der Waals surface area contributed by atoms with Crippen LogP contribution in [0.2, 0.25) is 0 Å². The molecule has 0 bridgehead atoms. The summed E-state index contributed by atoms with van der Waals surface area (Å²) in [6.07, 6.45) is 6.99. The molecule has 1 aromatic heterocycles. The van der Waals surface area contributed by atoms with E-state index in [2.05, 4.69) is 36.7 Å². The second-order valence-corrected chi connectivity index (χ2v) is 9.70. The monoisotopic (exact) mass is 460 g/mol. The molecule has 2 heterocycles. The quantitative estimate of drug-likeness (QED) is 0.269. The third-order valence-electron chi connectivity index (χ3n) is 7.33. The number of aromatic hydroxyl groups is 1. The first kappa shape index (κ1) is 24.0. The van der Waals surface area contributed by atoms with Gasteiger partial charge in [0.1, 0.15) is 11.6 Å². The molecule has 6 nitrogen and oxygen atoms in total. The number of fused-ring (bicyclic) bond motifs is 1. The van der Waals surface area contributed by atoms with Crippen molar-refractivity contribution in [2.45, 2.75) is 77.4 Å². The lowest BCUT2D eigenvalue weighted by molar-refractivity contribution is 0.0496. The number of benzene rings is 2. The molecule has 180 valence electrons. The molecule has 34 heavy (non-hydrogen) atoms. The molecule has 3 aromatic rings. The number of aromatic amines is 1. The van der Waals surface area contributed by atoms with Crippen molar-refractivity contribution in [2.75, 3.05) is 0 Å². The van der Waals surface area contributed by atoms with Crippen molar-refractivity contribution in [3.8, 4) is 16.9 Å². The number of aromatic nitrogens is 1. The SMILES string of the molecule is CCCCC(c1cccc2[nH]c(=O)c(-c3cc(C(=N)N)ccc3O)cc12)N1C(C)CCCC1C. The van der Waals surface area contributed by atoms with Crippen molar-refractivity contribution in [1.29, 1.82) is 5.41 Å². The number of pyridine rings is 1. The summed E-state index contributed by atoms with van der Waals surface area (Å²) in [5.74, 6) is -0.111. The minimum atomic E-state index is -0.273. The molecule has 0 spiro atoms. The van der Waals surface area contributed by atoms with Gasteiger partial charge in [0.05, 0.1) is 5.56 Å². The molecule has 3 atom stereocenters. The highest BCUT2D eigenvalue weighted by atomic mass is 16.3. The Kier molecular flexibility index (Phi) is 7.08. The van der Waals surface area contributed by atoms with Crippen LogP contribution in [0.3, 0.4) is 0 Å². The first-order chi connectivity index (χ1) is 16.3. The number of phenols is 1. The average molecular weight is 461 g/mol. The number of nitrogens with two attached hydrogens (primary N) is 1. The minimum Gasteiger partial charge on any atom is -0.507 e. The molecule has 1 aliphatic heterocycles. The molecule has 0 saturated carbocycles. The first-order valence-corrected chi connectivity index (χ1v) is 12.4. The fourth-order valence-electron chi connectivity index (χ4n) is 5.58.